The van der Waals surface area contributed by atoms with Crippen LogP contribution in [0.25, 0.3) is 0 Å². The first kappa shape index (κ1) is 12.9. The van der Waals surface area contributed by atoms with Crippen LogP contribution in [0.5, 0.6) is 5.75 Å². The van der Waals surface area contributed by atoms with E-state index in [9.17, 15) is 9.18 Å². The van der Waals surface area contributed by atoms with Gasteiger partial charge in [-0.2, -0.15) is 0 Å². The zero-order valence-corrected chi connectivity index (χ0v) is 10.5. The zero-order valence-electron chi connectivity index (χ0n) is 10.5. The molecule has 1 saturated carbocycles. The molecule has 18 heavy (non-hydrogen) atoms. The van der Waals surface area contributed by atoms with Crippen molar-refractivity contribution in [1.82, 2.24) is 5.32 Å². The molecule has 0 bridgehead atoms. The topological polar surface area (TPSA) is 38.3 Å². The lowest BCUT2D eigenvalue weighted by Gasteiger charge is -2.08. The maximum atomic E-state index is 13.7. The van der Waals surface area contributed by atoms with Crippen LogP contribution in [0.2, 0.25) is 0 Å². The van der Waals surface area contributed by atoms with Crippen molar-refractivity contribution in [2.24, 2.45) is 0 Å². The normalized spacial score (nSPS) is 14.3. The minimum Gasteiger partial charge on any atom is -0.494 e. The molecule has 0 unspecified atom stereocenters. The minimum absolute atomic E-state index is 0.0936. The standard InChI is InChI=1S/C14H18FNO2/c1-2-7-18-12-6-3-10(13(15)9-12)8-14(17)16-11-4-5-11/h3,6,9,11H,2,4-5,7-8H2,1H3,(H,16,17). The summed E-state index contributed by atoms with van der Waals surface area (Å²) in [6, 6.07) is 4.98. The lowest BCUT2D eigenvalue weighted by molar-refractivity contribution is -0.120. The second-order valence-electron chi connectivity index (χ2n) is 4.62. The maximum Gasteiger partial charge on any atom is 0.224 e. The highest BCUT2D eigenvalue weighted by molar-refractivity contribution is 5.79. The number of hydrogen-bond acceptors (Lipinski definition) is 2. The van der Waals surface area contributed by atoms with Crippen LogP contribution in [0.15, 0.2) is 18.2 Å². The molecule has 0 spiro atoms. The van der Waals surface area contributed by atoms with Crippen molar-refractivity contribution in [2.75, 3.05) is 6.61 Å². The molecule has 0 heterocycles. The van der Waals surface area contributed by atoms with Crippen molar-refractivity contribution in [2.45, 2.75) is 38.6 Å². The van der Waals surface area contributed by atoms with Crippen molar-refractivity contribution in [3.05, 3.63) is 29.6 Å². The number of nitrogens with one attached hydrogen (secondary N) is 1. The lowest BCUT2D eigenvalue weighted by Crippen LogP contribution is -2.27. The summed E-state index contributed by atoms with van der Waals surface area (Å²) in [4.78, 5) is 11.6. The predicted molar refractivity (Wildman–Crippen MR) is 67.1 cm³/mol. The Morgan fingerprint density at radius 3 is 2.89 bits per heavy atom. The third kappa shape index (κ3) is 3.72. The molecule has 1 aromatic rings. The smallest absolute Gasteiger partial charge is 0.224 e. The fraction of sp³-hybridized carbons (Fsp3) is 0.500. The van der Waals surface area contributed by atoms with Crippen LogP contribution in [0.3, 0.4) is 0 Å². The highest BCUT2D eigenvalue weighted by Crippen LogP contribution is 2.20. The number of halogens is 1. The monoisotopic (exact) mass is 251 g/mol. The van der Waals surface area contributed by atoms with Gasteiger partial charge in [0, 0.05) is 12.1 Å². The maximum absolute atomic E-state index is 13.7. The van der Waals surface area contributed by atoms with Gasteiger partial charge in [-0.05, 0) is 30.9 Å². The van der Waals surface area contributed by atoms with Gasteiger partial charge in [0.1, 0.15) is 11.6 Å². The summed E-state index contributed by atoms with van der Waals surface area (Å²) < 4.78 is 19.1. The van der Waals surface area contributed by atoms with E-state index in [1.807, 2.05) is 6.92 Å². The van der Waals surface area contributed by atoms with E-state index in [0.717, 1.165) is 19.3 Å². The summed E-state index contributed by atoms with van der Waals surface area (Å²) in [5.74, 6) is 0.0221. The molecule has 1 aliphatic carbocycles. The minimum atomic E-state index is -0.380. The second kappa shape index (κ2) is 5.85. The Labute approximate surface area is 106 Å². The molecule has 0 aromatic heterocycles. The van der Waals surface area contributed by atoms with Crippen LogP contribution >= 0.6 is 0 Å². The SMILES string of the molecule is CCCOc1ccc(CC(=O)NC2CC2)c(F)c1. The molecule has 2 rings (SSSR count). The summed E-state index contributed by atoms with van der Waals surface area (Å²) in [5, 5.41) is 2.84. The van der Waals surface area contributed by atoms with Crippen molar-refractivity contribution in [3.63, 3.8) is 0 Å². The van der Waals surface area contributed by atoms with Gasteiger partial charge in [-0.25, -0.2) is 4.39 Å². The van der Waals surface area contributed by atoms with Gasteiger partial charge in [0.2, 0.25) is 5.91 Å². The molecule has 98 valence electrons. The number of carbonyl (C=O) groups excluding carboxylic acids is 1. The average Bonchev–Trinajstić information content (AvgIpc) is 3.13. The van der Waals surface area contributed by atoms with Crippen molar-refractivity contribution < 1.29 is 13.9 Å². The highest BCUT2D eigenvalue weighted by atomic mass is 19.1. The van der Waals surface area contributed by atoms with Crippen LogP contribution in [-0.2, 0) is 11.2 Å². The summed E-state index contributed by atoms with van der Waals surface area (Å²) in [5.41, 5.74) is 0.414. The third-order valence-electron chi connectivity index (χ3n) is 2.79. The number of carbonyl (C=O) groups is 1. The van der Waals surface area contributed by atoms with Gasteiger partial charge in [-0.1, -0.05) is 13.0 Å². The second-order valence-corrected chi connectivity index (χ2v) is 4.62. The van der Waals surface area contributed by atoms with E-state index in [1.165, 1.54) is 6.07 Å². The molecule has 1 aromatic carbocycles. The van der Waals surface area contributed by atoms with Gasteiger partial charge >= 0.3 is 0 Å². The van der Waals surface area contributed by atoms with Gasteiger partial charge in [0.25, 0.3) is 0 Å². The van der Waals surface area contributed by atoms with E-state index in [0.29, 0.717) is 24.0 Å². The van der Waals surface area contributed by atoms with Crippen molar-refractivity contribution in [3.8, 4) is 5.75 Å². The molecule has 3 nitrogen and oxygen atoms in total. The zero-order chi connectivity index (χ0) is 13.0. The first-order valence-electron chi connectivity index (χ1n) is 6.39. The Bertz CT molecular complexity index is 430. The fourth-order valence-electron chi connectivity index (χ4n) is 1.66. The summed E-state index contributed by atoms with van der Waals surface area (Å²) in [6.07, 6.45) is 3.06. The molecule has 0 atom stereocenters. The van der Waals surface area contributed by atoms with Crippen LogP contribution in [0.4, 0.5) is 4.39 Å². The lowest BCUT2D eigenvalue weighted by atomic mass is 10.1. The van der Waals surface area contributed by atoms with Crippen molar-refractivity contribution in [1.29, 1.82) is 0 Å². The first-order chi connectivity index (χ1) is 8.69. The van der Waals surface area contributed by atoms with E-state index in [4.69, 9.17) is 4.74 Å². The molecule has 0 saturated heterocycles. The molecular formula is C14H18FNO2. The molecule has 4 heteroatoms. The molecular weight excluding hydrogens is 233 g/mol. The molecule has 1 fully saturated rings. The molecule has 1 aliphatic rings. The molecule has 1 N–H and O–H groups in total. The van der Waals surface area contributed by atoms with Crippen LogP contribution in [-0.4, -0.2) is 18.6 Å². The van der Waals surface area contributed by atoms with Gasteiger partial charge in [0.05, 0.1) is 13.0 Å². The van der Waals surface area contributed by atoms with Gasteiger partial charge in [0.15, 0.2) is 0 Å². The number of amides is 1. The number of benzene rings is 1. The average molecular weight is 251 g/mol. The fourth-order valence-corrected chi connectivity index (χ4v) is 1.66. The largest absolute Gasteiger partial charge is 0.494 e. The number of ether oxygens (including phenoxy) is 1. The Hall–Kier alpha value is -1.58. The van der Waals surface area contributed by atoms with E-state index in [1.54, 1.807) is 12.1 Å². The van der Waals surface area contributed by atoms with Gasteiger partial charge in [-0.3, -0.25) is 4.79 Å². The Balaban J connectivity index is 1.93. The Kier molecular flexibility index (Phi) is 4.18. The van der Waals surface area contributed by atoms with E-state index >= 15 is 0 Å². The molecule has 0 radical (unpaired) electrons. The third-order valence-corrected chi connectivity index (χ3v) is 2.79. The number of rotatable bonds is 6. The summed E-state index contributed by atoms with van der Waals surface area (Å²) >= 11 is 0. The Morgan fingerprint density at radius 1 is 1.50 bits per heavy atom. The summed E-state index contributed by atoms with van der Waals surface area (Å²) in [6.45, 7) is 2.56. The molecule has 0 aliphatic heterocycles. The summed E-state index contributed by atoms with van der Waals surface area (Å²) in [7, 11) is 0. The van der Waals surface area contributed by atoms with Crippen LogP contribution in [0, 0.1) is 5.82 Å². The predicted octanol–water partition coefficient (Wildman–Crippen LogP) is 2.44. The van der Waals surface area contributed by atoms with E-state index < -0.39 is 0 Å². The van der Waals surface area contributed by atoms with Gasteiger partial charge in [-0.15, -0.1) is 0 Å². The van der Waals surface area contributed by atoms with Crippen LogP contribution in [0.1, 0.15) is 31.7 Å². The van der Waals surface area contributed by atoms with E-state index in [-0.39, 0.29) is 18.1 Å². The van der Waals surface area contributed by atoms with Crippen LogP contribution < -0.4 is 10.1 Å². The first-order valence-corrected chi connectivity index (χ1v) is 6.39. The Morgan fingerprint density at radius 2 is 2.28 bits per heavy atom. The number of hydrogen-bond donors (Lipinski definition) is 1. The van der Waals surface area contributed by atoms with Gasteiger partial charge < -0.3 is 10.1 Å². The van der Waals surface area contributed by atoms with E-state index in [2.05, 4.69) is 5.32 Å². The van der Waals surface area contributed by atoms with Crippen molar-refractivity contribution >= 4 is 5.91 Å². The highest BCUT2D eigenvalue weighted by Gasteiger charge is 2.23. The molecule has 1 amide bonds. The quantitative estimate of drug-likeness (QED) is 0.843.